The smallest absolute Gasteiger partial charge is 0.269 e. The first kappa shape index (κ1) is 21.6. The molecule has 0 spiro atoms. The Hall–Kier alpha value is -3.09. The number of benzene rings is 2. The van der Waals surface area contributed by atoms with Gasteiger partial charge >= 0.3 is 0 Å². The van der Waals surface area contributed by atoms with Crippen molar-refractivity contribution in [3.8, 4) is 5.75 Å². The molecule has 1 saturated heterocycles. The third kappa shape index (κ3) is 5.49. The highest BCUT2D eigenvalue weighted by atomic mass is 16.6. The summed E-state index contributed by atoms with van der Waals surface area (Å²) in [5.74, 6) is 0.864. The van der Waals surface area contributed by atoms with Gasteiger partial charge in [0.1, 0.15) is 5.75 Å². The molecule has 0 aliphatic carbocycles. The van der Waals surface area contributed by atoms with E-state index in [-0.39, 0.29) is 17.0 Å². The molecule has 0 atom stereocenters. The van der Waals surface area contributed by atoms with E-state index in [0.29, 0.717) is 39.2 Å². The van der Waals surface area contributed by atoms with Crippen LogP contribution >= 0.6 is 0 Å². The number of amides is 1. The Morgan fingerprint density at radius 1 is 1.00 bits per heavy atom. The van der Waals surface area contributed by atoms with Gasteiger partial charge in [-0.1, -0.05) is 32.9 Å². The van der Waals surface area contributed by atoms with E-state index in [0.717, 1.165) is 11.4 Å². The first-order chi connectivity index (χ1) is 14.2. The van der Waals surface area contributed by atoms with Gasteiger partial charge in [0.2, 0.25) is 5.91 Å². The number of hydrogen-bond donors (Lipinski definition) is 0. The molecule has 0 unspecified atom stereocenters. The monoisotopic (exact) mass is 411 g/mol. The SMILES string of the molecule is CC(C)(C)c1ccc(OCCC(=O)N2CCN(c3ccc([N+](=O)[O-])cc3)CC2)cc1. The summed E-state index contributed by atoms with van der Waals surface area (Å²) in [5, 5.41) is 10.8. The van der Waals surface area contributed by atoms with Crippen molar-refractivity contribution in [3.63, 3.8) is 0 Å². The summed E-state index contributed by atoms with van der Waals surface area (Å²) in [6.07, 6.45) is 0.346. The Morgan fingerprint density at radius 2 is 1.60 bits per heavy atom. The van der Waals surface area contributed by atoms with Crippen LogP contribution in [-0.4, -0.2) is 48.5 Å². The maximum absolute atomic E-state index is 12.5. The molecule has 2 aromatic carbocycles. The number of hydrogen-bond acceptors (Lipinski definition) is 5. The zero-order valence-corrected chi connectivity index (χ0v) is 17.8. The van der Waals surface area contributed by atoms with Gasteiger partial charge in [-0.3, -0.25) is 14.9 Å². The van der Waals surface area contributed by atoms with Crippen LogP contribution in [0, 0.1) is 10.1 Å². The van der Waals surface area contributed by atoms with E-state index in [4.69, 9.17) is 4.74 Å². The van der Waals surface area contributed by atoms with E-state index < -0.39 is 4.92 Å². The van der Waals surface area contributed by atoms with Crippen molar-refractivity contribution in [1.82, 2.24) is 4.90 Å². The van der Waals surface area contributed by atoms with Crippen LogP contribution in [0.15, 0.2) is 48.5 Å². The molecule has 1 aliphatic rings. The van der Waals surface area contributed by atoms with E-state index in [9.17, 15) is 14.9 Å². The normalized spacial score (nSPS) is 14.5. The first-order valence-corrected chi connectivity index (χ1v) is 10.2. The van der Waals surface area contributed by atoms with Crippen LogP contribution in [0.1, 0.15) is 32.8 Å². The lowest BCUT2D eigenvalue weighted by Crippen LogP contribution is -2.49. The fourth-order valence-electron chi connectivity index (χ4n) is 3.46. The van der Waals surface area contributed by atoms with Crippen molar-refractivity contribution in [1.29, 1.82) is 0 Å². The zero-order valence-electron chi connectivity index (χ0n) is 17.8. The minimum absolute atomic E-state index is 0.0839. The Balaban J connectivity index is 1.42. The summed E-state index contributed by atoms with van der Waals surface area (Å²) in [6.45, 7) is 9.55. The quantitative estimate of drug-likeness (QED) is 0.530. The highest BCUT2D eigenvalue weighted by Gasteiger charge is 2.21. The van der Waals surface area contributed by atoms with Crippen LogP contribution in [0.2, 0.25) is 0 Å². The highest BCUT2D eigenvalue weighted by molar-refractivity contribution is 5.76. The van der Waals surface area contributed by atoms with Gasteiger partial charge in [-0.15, -0.1) is 0 Å². The maximum atomic E-state index is 12.5. The molecule has 1 aliphatic heterocycles. The third-order valence-corrected chi connectivity index (χ3v) is 5.36. The fourth-order valence-corrected chi connectivity index (χ4v) is 3.46. The molecule has 0 saturated carbocycles. The molecule has 2 aromatic rings. The van der Waals surface area contributed by atoms with Crippen molar-refractivity contribution in [2.75, 3.05) is 37.7 Å². The summed E-state index contributed by atoms with van der Waals surface area (Å²) in [5.41, 5.74) is 2.37. The number of piperazine rings is 1. The summed E-state index contributed by atoms with van der Waals surface area (Å²) >= 11 is 0. The van der Waals surface area contributed by atoms with E-state index in [1.54, 1.807) is 12.1 Å². The Bertz CT molecular complexity index is 865. The number of nitro groups is 1. The molecule has 30 heavy (non-hydrogen) atoms. The lowest BCUT2D eigenvalue weighted by Gasteiger charge is -2.36. The number of nitro benzene ring substituents is 1. The lowest BCUT2D eigenvalue weighted by molar-refractivity contribution is -0.384. The number of carbonyl (C=O) groups is 1. The van der Waals surface area contributed by atoms with Crippen LogP contribution < -0.4 is 9.64 Å². The number of carbonyl (C=O) groups excluding carboxylic acids is 1. The molecule has 3 rings (SSSR count). The summed E-state index contributed by atoms with van der Waals surface area (Å²) < 4.78 is 5.74. The van der Waals surface area contributed by atoms with Crippen LogP contribution in [0.25, 0.3) is 0 Å². The van der Waals surface area contributed by atoms with Gasteiger partial charge in [0.15, 0.2) is 0 Å². The minimum atomic E-state index is -0.401. The van der Waals surface area contributed by atoms with Crippen LogP contribution in [-0.2, 0) is 10.2 Å². The van der Waals surface area contributed by atoms with E-state index >= 15 is 0 Å². The first-order valence-electron chi connectivity index (χ1n) is 10.2. The number of nitrogens with zero attached hydrogens (tertiary/aromatic N) is 3. The molecule has 1 heterocycles. The molecule has 0 aromatic heterocycles. The number of rotatable bonds is 6. The second kappa shape index (κ2) is 9.15. The number of anilines is 1. The average molecular weight is 412 g/mol. The molecule has 0 radical (unpaired) electrons. The van der Waals surface area contributed by atoms with Crippen molar-refractivity contribution in [2.45, 2.75) is 32.6 Å². The Kier molecular flexibility index (Phi) is 6.59. The van der Waals surface area contributed by atoms with E-state index in [1.165, 1.54) is 17.7 Å². The summed E-state index contributed by atoms with van der Waals surface area (Å²) in [7, 11) is 0. The molecular weight excluding hydrogens is 382 g/mol. The van der Waals surface area contributed by atoms with Gasteiger partial charge in [-0.05, 0) is 35.2 Å². The Morgan fingerprint density at radius 3 is 2.13 bits per heavy atom. The van der Waals surface area contributed by atoms with Crippen molar-refractivity contribution < 1.29 is 14.5 Å². The van der Waals surface area contributed by atoms with Crippen LogP contribution in [0.5, 0.6) is 5.75 Å². The standard InChI is InChI=1S/C23H29N3O4/c1-23(2,3)18-4-10-21(11-5-18)30-17-12-22(27)25-15-13-24(14-16-25)19-6-8-20(9-7-19)26(28)29/h4-11H,12-17H2,1-3H3. The van der Waals surface area contributed by atoms with Gasteiger partial charge < -0.3 is 14.5 Å². The average Bonchev–Trinajstić information content (AvgIpc) is 2.73. The largest absolute Gasteiger partial charge is 0.493 e. The second-order valence-corrected chi connectivity index (χ2v) is 8.51. The second-order valence-electron chi connectivity index (χ2n) is 8.51. The number of non-ortho nitro benzene ring substituents is 1. The van der Waals surface area contributed by atoms with Crippen LogP contribution in [0.3, 0.4) is 0 Å². The highest BCUT2D eigenvalue weighted by Crippen LogP contribution is 2.24. The molecule has 1 amide bonds. The molecule has 7 heteroatoms. The third-order valence-electron chi connectivity index (χ3n) is 5.36. The van der Waals surface area contributed by atoms with Gasteiger partial charge in [0.25, 0.3) is 5.69 Å². The molecule has 0 N–H and O–H groups in total. The van der Waals surface area contributed by atoms with Crippen LogP contribution in [0.4, 0.5) is 11.4 Å². The molecule has 1 fully saturated rings. The molecular formula is C23H29N3O4. The predicted octanol–water partition coefficient (Wildman–Crippen LogP) is 4.01. The van der Waals surface area contributed by atoms with E-state index in [2.05, 4.69) is 37.8 Å². The number of ether oxygens (including phenoxy) is 1. The lowest BCUT2D eigenvalue weighted by atomic mass is 9.87. The predicted molar refractivity (Wildman–Crippen MR) is 117 cm³/mol. The summed E-state index contributed by atoms with van der Waals surface area (Å²) in [6, 6.07) is 14.6. The Labute approximate surface area is 177 Å². The maximum Gasteiger partial charge on any atom is 0.269 e. The minimum Gasteiger partial charge on any atom is -0.493 e. The van der Waals surface area contributed by atoms with Gasteiger partial charge in [0.05, 0.1) is 18.0 Å². The topological polar surface area (TPSA) is 75.9 Å². The van der Waals surface area contributed by atoms with E-state index in [1.807, 2.05) is 17.0 Å². The zero-order chi connectivity index (χ0) is 21.7. The fraction of sp³-hybridized carbons (Fsp3) is 0.435. The van der Waals surface area contributed by atoms with Gasteiger partial charge in [-0.2, -0.15) is 0 Å². The van der Waals surface area contributed by atoms with Crippen molar-refractivity contribution >= 4 is 17.3 Å². The molecule has 160 valence electrons. The van der Waals surface area contributed by atoms with Crippen molar-refractivity contribution in [2.24, 2.45) is 0 Å². The summed E-state index contributed by atoms with van der Waals surface area (Å²) in [4.78, 5) is 26.9. The van der Waals surface area contributed by atoms with Crippen molar-refractivity contribution in [3.05, 3.63) is 64.2 Å². The molecule has 0 bridgehead atoms. The molecule has 7 nitrogen and oxygen atoms in total. The van der Waals surface area contributed by atoms with Gasteiger partial charge in [-0.25, -0.2) is 0 Å². The van der Waals surface area contributed by atoms with Gasteiger partial charge in [0, 0.05) is 44.0 Å².